The highest BCUT2D eigenvalue weighted by atomic mass is 35.5. The molecule has 90 valence electrons. The van der Waals surface area contributed by atoms with E-state index in [1.165, 1.54) is 0 Å². The Morgan fingerprint density at radius 1 is 1.53 bits per heavy atom. The zero-order chi connectivity index (χ0) is 12.3. The first kappa shape index (κ1) is 12.4. The Balaban J connectivity index is 2.22. The van der Waals surface area contributed by atoms with Crippen molar-refractivity contribution in [2.45, 2.75) is 19.1 Å². The van der Waals surface area contributed by atoms with Crippen molar-refractivity contribution < 1.29 is 4.74 Å². The minimum atomic E-state index is -0.282. The Bertz CT molecular complexity index is 430. The number of ether oxygens (including phenoxy) is 1. The van der Waals surface area contributed by atoms with Crippen LogP contribution in [-0.4, -0.2) is 30.7 Å². The summed E-state index contributed by atoms with van der Waals surface area (Å²) in [5, 5.41) is 10.0. The molecule has 0 bridgehead atoms. The summed E-state index contributed by atoms with van der Waals surface area (Å²) in [5.74, 6) is 0. The van der Waals surface area contributed by atoms with Crippen molar-refractivity contribution in [1.29, 1.82) is 5.26 Å². The molecule has 1 aromatic rings. The molecule has 1 fully saturated rings. The second-order valence-electron chi connectivity index (χ2n) is 4.23. The van der Waals surface area contributed by atoms with E-state index in [0.717, 1.165) is 18.7 Å². The fraction of sp³-hybridized carbons (Fsp3) is 0.462. The minimum Gasteiger partial charge on any atom is -0.376 e. The Kier molecular flexibility index (Phi) is 4.01. The van der Waals surface area contributed by atoms with Crippen LogP contribution in [0, 0.1) is 11.3 Å². The van der Waals surface area contributed by atoms with Crippen molar-refractivity contribution in [2.24, 2.45) is 0 Å². The molecule has 1 aromatic carbocycles. The molecule has 0 amide bonds. The van der Waals surface area contributed by atoms with Gasteiger partial charge in [-0.2, -0.15) is 5.26 Å². The quantitative estimate of drug-likeness (QED) is 0.810. The van der Waals surface area contributed by atoms with E-state index >= 15 is 0 Å². The maximum atomic E-state index is 9.35. The molecule has 1 saturated heterocycles. The van der Waals surface area contributed by atoms with Gasteiger partial charge in [0, 0.05) is 23.7 Å². The summed E-state index contributed by atoms with van der Waals surface area (Å²) in [7, 11) is 0. The zero-order valence-corrected chi connectivity index (χ0v) is 10.5. The number of nitrogens with zero attached hydrogens (tertiary/aromatic N) is 2. The molecule has 0 radical (unpaired) electrons. The maximum absolute atomic E-state index is 9.35. The third-order valence-corrected chi connectivity index (χ3v) is 3.30. The number of hydrogen-bond acceptors (Lipinski definition) is 3. The molecule has 4 heteroatoms. The first-order chi connectivity index (χ1) is 8.22. The highest BCUT2D eigenvalue weighted by Gasteiger charge is 2.26. The molecule has 0 saturated carbocycles. The molecule has 1 aliphatic heterocycles. The summed E-state index contributed by atoms with van der Waals surface area (Å²) in [5.41, 5.74) is 0.880. The van der Waals surface area contributed by atoms with Crippen LogP contribution < -0.4 is 0 Å². The van der Waals surface area contributed by atoms with Crippen LogP contribution in [0.3, 0.4) is 0 Å². The monoisotopic (exact) mass is 250 g/mol. The normalized spacial score (nSPS) is 23.0. The minimum absolute atomic E-state index is 0.169. The first-order valence-corrected chi connectivity index (χ1v) is 6.10. The molecule has 0 spiro atoms. The second kappa shape index (κ2) is 5.50. The van der Waals surface area contributed by atoms with Gasteiger partial charge in [-0.15, -0.1) is 0 Å². The van der Waals surface area contributed by atoms with Gasteiger partial charge in [-0.25, -0.2) is 0 Å². The molecule has 0 N–H and O–H groups in total. The Hall–Kier alpha value is -1.08. The van der Waals surface area contributed by atoms with Gasteiger partial charge < -0.3 is 4.74 Å². The average Bonchev–Trinajstić information content (AvgIpc) is 2.33. The van der Waals surface area contributed by atoms with Crippen LogP contribution in [0.2, 0.25) is 5.02 Å². The summed E-state index contributed by atoms with van der Waals surface area (Å²) in [6.07, 6.45) is 0.169. The fourth-order valence-electron chi connectivity index (χ4n) is 2.12. The number of halogens is 1. The van der Waals surface area contributed by atoms with E-state index in [4.69, 9.17) is 16.3 Å². The number of benzene rings is 1. The van der Waals surface area contributed by atoms with Crippen molar-refractivity contribution in [3.05, 3.63) is 34.9 Å². The van der Waals surface area contributed by atoms with Crippen molar-refractivity contribution >= 4 is 11.6 Å². The highest BCUT2D eigenvalue weighted by molar-refractivity contribution is 6.31. The van der Waals surface area contributed by atoms with Crippen LogP contribution in [0.15, 0.2) is 24.3 Å². The molecule has 17 heavy (non-hydrogen) atoms. The van der Waals surface area contributed by atoms with Crippen molar-refractivity contribution in [3.63, 3.8) is 0 Å². The lowest BCUT2D eigenvalue weighted by Gasteiger charge is -2.34. The third-order valence-electron chi connectivity index (χ3n) is 2.96. The molecule has 2 atom stereocenters. The van der Waals surface area contributed by atoms with Gasteiger partial charge in [0.2, 0.25) is 0 Å². The summed E-state index contributed by atoms with van der Waals surface area (Å²) in [4.78, 5) is 2.12. The van der Waals surface area contributed by atoms with Gasteiger partial charge >= 0.3 is 0 Å². The fourth-order valence-corrected chi connectivity index (χ4v) is 2.36. The van der Waals surface area contributed by atoms with Crippen molar-refractivity contribution in [1.82, 2.24) is 4.90 Å². The molecular formula is C13H15ClN2O. The third kappa shape index (κ3) is 2.78. The molecule has 2 rings (SSSR count). The van der Waals surface area contributed by atoms with Crippen LogP contribution >= 0.6 is 11.6 Å². The standard InChI is InChI=1S/C13H15ClN2O/c1-10-9-16(6-7-17-10)13(8-15)11-4-2-3-5-12(11)14/h2-5,10,13H,6-7,9H2,1H3. The van der Waals surface area contributed by atoms with Gasteiger partial charge in [0.15, 0.2) is 0 Å². The lowest BCUT2D eigenvalue weighted by Crippen LogP contribution is -2.42. The number of rotatable bonds is 2. The van der Waals surface area contributed by atoms with Gasteiger partial charge in [0.25, 0.3) is 0 Å². The zero-order valence-electron chi connectivity index (χ0n) is 9.77. The van der Waals surface area contributed by atoms with E-state index in [9.17, 15) is 5.26 Å². The second-order valence-corrected chi connectivity index (χ2v) is 4.64. The molecule has 1 aliphatic rings. The van der Waals surface area contributed by atoms with Crippen molar-refractivity contribution in [2.75, 3.05) is 19.7 Å². The van der Waals surface area contributed by atoms with Crippen LogP contribution in [0.4, 0.5) is 0 Å². The van der Waals surface area contributed by atoms with Crippen LogP contribution in [-0.2, 0) is 4.74 Å². The predicted octanol–water partition coefficient (Wildman–Crippen LogP) is 2.63. The summed E-state index contributed by atoms with van der Waals surface area (Å²) in [6.45, 7) is 4.23. The largest absolute Gasteiger partial charge is 0.376 e. The number of morpholine rings is 1. The summed E-state index contributed by atoms with van der Waals surface area (Å²) < 4.78 is 5.48. The first-order valence-electron chi connectivity index (χ1n) is 5.72. The molecule has 2 unspecified atom stereocenters. The van der Waals surface area contributed by atoms with Crippen molar-refractivity contribution in [3.8, 4) is 6.07 Å². The van der Waals surface area contributed by atoms with E-state index in [1.54, 1.807) is 0 Å². The molecular weight excluding hydrogens is 236 g/mol. The molecule has 0 aliphatic carbocycles. The maximum Gasteiger partial charge on any atom is 0.125 e. The van der Waals surface area contributed by atoms with Gasteiger partial charge in [0.05, 0.1) is 18.8 Å². The van der Waals surface area contributed by atoms with Crippen LogP contribution in [0.1, 0.15) is 18.5 Å². The Morgan fingerprint density at radius 2 is 2.29 bits per heavy atom. The van der Waals surface area contributed by atoms with Gasteiger partial charge in [0.1, 0.15) is 6.04 Å². The van der Waals surface area contributed by atoms with E-state index in [0.29, 0.717) is 11.6 Å². The topological polar surface area (TPSA) is 36.3 Å². The lowest BCUT2D eigenvalue weighted by atomic mass is 10.1. The highest BCUT2D eigenvalue weighted by Crippen LogP contribution is 2.28. The van der Waals surface area contributed by atoms with E-state index in [2.05, 4.69) is 11.0 Å². The molecule has 3 nitrogen and oxygen atoms in total. The molecule has 1 heterocycles. The lowest BCUT2D eigenvalue weighted by molar-refractivity contribution is -0.0268. The van der Waals surface area contributed by atoms with Crippen LogP contribution in [0.5, 0.6) is 0 Å². The average molecular weight is 251 g/mol. The van der Waals surface area contributed by atoms with E-state index < -0.39 is 0 Å². The smallest absolute Gasteiger partial charge is 0.125 e. The summed E-state index contributed by atoms with van der Waals surface area (Å²) in [6, 6.07) is 9.58. The van der Waals surface area contributed by atoms with E-state index in [-0.39, 0.29) is 12.1 Å². The summed E-state index contributed by atoms with van der Waals surface area (Å²) >= 11 is 6.14. The van der Waals surface area contributed by atoms with Gasteiger partial charge in [-0.3, -0.25) is 4.90 Å². The van der Waals surface area contributed by atoms with Gasteiger partial charge in [-0.05, 0) is 13.0 Å². The van der Waals surface area contributed by atoms with Gasteiger partial charge in [-0.1, -0.05) is 29.8 Å². The Morgan fingerprint density at radius 3 is 2.94 bits per heavy atom. The van der Waals surface area contributed by atoms with Crippen LogP contribution in [0.25, 0.3) is 0 Å². The number of hydrogen-bond donors (Lipinski definition) is 0. The predicted molar refractivity (Wildman–Crippen MR) is 66.8 cm³/mol. The van der Waals surface area contributed by atoms with E-state index in [1.807, 2.05) is 31.2 Å². The Labute approximate surface area is 107 Å². The SMILES string of the molecule is CC1CN(C(C#N)c2ccccc2Cl)CCO1. The number of nitriles is 1. The molecule has 0 aromatic heterocycles.